The maximum Gasteiger partial charge on any atom is 0.431 e. The fraction of sp³-hybridized carbons (Fsp3) is 0.333. The zero-order chi connectivity index (χ0) is 16.7. The first-order chi connectivity index (χ1) is 10.00. The molecule has 0 aliphatic rings. The Hall–Kier alpha value is -1.89. The molecule has 2 rings (SSSR count). The molecule has 0 aliphatic carbocycles. The summed E-state index contributed by atoms with van der Waals surface area (Å²) in [4.78, 5) is 14.0. The van der Waals surface area contributed by atoms with E-state index in [0.29, 0.717) is 11.8 Å². The average molecular weight is 328 g/mol. The molecule has 7 heteroatoms. The lowest BCUT2D eigenvalue weighted by molar-refractivity contribution is -0.141. The highest BCUT2D eigenvalue weighted by molar-refractivity contribution is 7.71. The van der Waals surface area contributed by atoms with Gasteiger partial charge in [0.1, 0.15) is 5.69 Å². The van der Waals surface area contributed by atoms with E-state index in [1.807, 2.05) is 32.9 Å². The van der Waals surface area contributed by atoms with E-state index in [9.17, 15) is 18.0 Å². The number of rotatable bonds is 1. The molecule has 1 heterocycles. The van der Waals surface area contributed by atoms with Crippen molar-refractivity contribution in [3.8, 4) is 5.69 Å². The Bertz CT molecular complexity index is 765. The van der Waals surface area contributed by atoms with Crippen LogP contribution in [0.4, 0.5) is 13.2 Å². The van der Waals surface area contributed by atoms with Gasteiger partial charge in [0.05, 0.1) is 5.69 Å². The number of nitrogens with one attached hydrogen (secondary N) is 1. The molecule has 0 atom stereocenters. The maximum absolute atomic E-state index is 12.6. The monoisotopic (exact) mass is 328 g/mol. The predicted molar refractivity (Wildman–Crippen MR) is 80.9 cm³/mol. The first-order valence-corrected chi connectivity index (χ1v) is 6.95. The van der Waals surface area contributed by atoms with Crippen LogP contribution in [0.25, 0.3) is 5.69 Å². The van der Waals surface area contributed by atoms with Crippen LogP contribution in [-0.4, -0.2) is 9.55 Å². The standard InChI is InChI=1S/C15H15F3N2OS/c1-14(2,3)9-4-6-10(7-5-9)20-12(21)8-11(15(16,17)18)19-13(20)22/h4-8H,1-3H3,(H,19,22). The van der Waals surface area contributed by atoms with Crippen LogP contribution in [0, 0.1) is 4.77 Å². The van der Waals surface area contributed by atoms with Crippen LogP contribution in [0.3, 0.4) is 0 Å². The molecular formula is C15H15F3N2OS. The van der Waals surface area contributed by atoms with E-state index in [-0.39, 0.29) is 10.2 Å². The fourth-order valence-electron chi connectivity index (χ4n) is 2.00. The summed E-state index contributed by atoms with van der Waals surface area (Å²) in [6, 6.07) is 7.49. The van der Waals surface area contributed by atoms with Gasteiger partial charge in [-0.3, -0.25) is 9.36 Å². The molecule has 22 heavy (non-hydrogen) atoms. The third-order valence-corrected chi connectivity index (χ3v) is 3.51. The quantitative estimate of drug-likeness (QED) is 0.796. The number of hydrogen-bond acceptors (Lipinski definition) is 2. The summed E-state index contributed by atoms with van der Waals surface area (Å²) in [5.74, 6) is 0. The van der Waals surface area contributed by atoms with Crippen molar-refractivity contribution in [3.63, 3.8) is 0 Å². The minimum absolute atomic E-state index is 0.0629. The van der Waals surface area contributed by atoms with E-state index < -0.39 is 17.4 Å². The molecule has 1 aromatic heterocycles. The number of aromatic nitrogens is 2. The summed E-state index contributed by atoms with van der Waals surface area (Å²) in [6.45, 7) is 6.12. The third kappa shape index (κ3) is 3.30. The highest BCUT2D eigenvalue weighted by Gasteiger charge is 2.32. The molecule has 0 fully saturated rings. The topological polar surface area (TPSA) is 37.8 Å². The van der Waals surface area contributed by atoms with Gasteiger partial charge >= 0.3 is 6.18 Å². The van der Waals surface area contributed by atoms with Crippen molar-refractivity contribution in [3.05, 3.63) is 56.7 Å². The molecule has 0 unspecified atom stereocenters. The predicted octanol–water partition coefficient (Wildman–Crippen LogP) is 4.21. The van der Waals surface area contributed by atoms with Crippen molar-refractivity contribution in [2.24, 2.45) is 0 Å². The van der Waals surface area contributed by atoms with Crippen LogP contribution in [0.5, 0.6) is 0 Å². The Morgan fingerprint density at radius 3 is 2.05 bits per heavy atom. The number of nitrogens with zero attached hydrogens (tertiary/aromatic N) is 1. The molecule has 2 aromatic rings. The lowest BCUT2D eigenvalue weighted by Crippen LogP contribution is -2.23. The van der Waals surface area contributed by atoms with Crippen molar-refractivity contribution in [1.29, 1.82) is 0 Å². The number of benzene rings is 1. The molecule has 1 aromatic carbocycles. The van der Waals surface area contributed by atoms with Gasteiger partial charge in [-0.05, 0) is 35.3 Å². The first-order valence-electron chi connectivity index (χ1n) is 6.54. The molecule has 1 N–H and O–H groups in total. The third-order valence-electron chi connectivity index (χ3n) is 3.23. The van der Waals surface area contributed by atoms with Crippen molar-refractivity contribution in [2.45, 2.75) is 32.4 Å². The highest BCUT2D eigenvalue weighted by atomic mass is 32.1. The number of H-pyrrole nitrogens is 1. The van der Waals surface area contributed by atoms with E-state index >= 15 is 0 Å². The molecule has 0 aliphatic heterocycles. The fourth-order valence-corrected chi connectivity index (χ4v) is 2.31. The second-order valence-electron chi connectivity index (χ2n) is 5.96. The Kier molecular flexibility index (Phi) is 4.04. The van der Waals surface area contributed by atoms with Gasteiger partial charge in [-0.25, -0.2) is 0 Å². The van der Waals surface area contributed by atoms with Gasteiger partial charge in [0.15, 0.2) is 4.77 Å². The maximum atomic E-state index is 12.6. The molecule has 0 saturated carbocycles. The van der Waals surface area contributed by atoms with Gasteiger partial charge in [0.25, 0.3) is 5.56 Å². The minimum atomic E-state index is -4.64. The average Bonchev–Trinajstić information content (AvgIpc) is 2.36. The minimum Gasteiger partial charge on any atom is -0.328 e. The second kappa shape index (κ2) is 5.39. The lowest BCUT2D eigenvalue weighted by atomic mass is 9.87. The van der Waals surface area contributed by atoms with E-state index in [1.165, 1.54) is 0 Å². The molecule has 0 saturated heterocycles. The second-order valence-corrected chi connectivity index (χ2v) is 6.34. The van der Waals surface area contributed by atoms with Gasteiger partial charge < -0.3 is 4.98 Å². The van der Waals surface area contributed by atoms with Gasteiger partial charge in [0.2, 0.25) is 0 Å². The van der Waals surface area contributed by atoms with Crippen LogP contribution in [0.1, 0.15) is 32.0 Å². The molecule has 3 nitrogen and oxygen atoms in total. The van der Waals surface area contributed by atoms with Crippen molar-refractivity contribution in [2.75, 3.05) is 0 Å². The Labute approximate surface area is 130 Å². The smallest absolute Gasteiger partial charge is 0.328 e. The molecule has 0 radical (unpaired) electrons. The molecule has 0 spiro atoms. The highest BCUT2D eigenvalue weighted by Crippen LogP contribution is 2.27. The zero-order valence-electron chi connectivity index (χ0n) is 12.3. The molecular weight excluding hydrogens is 313 g/mol. The van der Waals surface area contributed by atoms with E-state index in [1.54, 1.807) is 12.1 Å². The van der Waals surface area contributed by atoms with E-state index in [2.05, 4.69) is 4.98 Å². The van der Waals surface area contributed by atoms with Gasteiger partial charge in [-0.1, -0.05) is 32.9 Å². The van der Waals surface area contributed by atoms with Gasteiger partial charge in [-0.15, -0.1) is 0 Å². The zero-order valence-corrected chi connectivity index (χ0v) is 13.1. The van der Waals surface area contributed by atoms with Crippen molar-refractivity contribution < 1.29 is 13.2 Å². The van der Waals surface area contributed by atoms with Gasteiger partial charge in [0, 0.05) is 6.07 Å². The SMILES string of the molecule is CC(C)(C)c1ccc(-n2c(=O)cc(C(F)(F)F)[nH]c2=S)cc1. The number of alkyl halides is 3. The normalized spacial score (nSPS) is 12.5. The van der Waals surface area contributed by atoms with Gasteiger partial charge in [-0.2, -0.15) is 13.2 Å². The largest absolute Gasteiger partial charge is 0.431 e. The number of hydrogen-bond donors (Lipinski definition) is 1. The summed E-state index contributed by atoms with van der Waals surface area (Å²) in [5.41, 5.74) is -0.559. The molecule has 0 amide bonds. The summed E-state index contributed by atoms with van der Waals surface area (Å²) >= 11 is 4.89. The van der Waals surface area contributed by atoms with Crippen LogP contribution < -0.4 is 5.56 Å². The van der Waals surface area contributed by atoms with Crippen LogP contribution in [0.2, 0.25) is 0 Å². The Balaban J connectivity index is 2.55. The summed E-state index contributed by atoms with van der Waals surface area (Å²) in [6.07, 6.45) is -4.64. The molecule has 0 bridgehead atoms. The summed E-state index contributed by atoms with van der Waals surface area (Å²) in [7, 11) is 0. The Morgan fingerprint density at radius 1 is 1.09 bits per heavy atom. The molecule has 118 valence electrons. The van der Waals surface area contributed by atoms with Crippen LogP contribution >= 0.6 is 12.2 Å². The van der Waals surface area contributed by atoms with Crippen LogP contribution in [-0.2, 0) is 11.6 Å². The van der Waals surface area contributed by atoms with E-state index in [4.69, 9.17) is 12.2 Å². The number of halogens is 3. The van der Waals surface area contributed by atoms with E-state index in [0.717, 1.165) is 10.1 Å². The van der Waals surface area contributed by atoms with Crippen LogP contribution in [0.15, 0.2) is 35.1 Å². The summed E-state index contributed by atoms with van der Waals surface area (Å²) < 4.78 is 38.7. The Morgan fingerprint density at radius 2 is 1.64 bits per heavy atom. The van der Waals surface area contributed by atoms with Crippen molar-refractivity contribution in [1.82, 2.24) is 9.55 Å². The summed E-state index contributed by atoms with van der Waals surface area (Å²) in [5, 5.41) is 0. The van der Waals surface area contributed by atoms with Crippen molar-refractivity contribution >= 4 is 12.2 Å². The first kappa shape index (κ1) is 16.5. The number of aromatic amines is 1. The lowest BCUT2D eigenvalue weighted by Gasteiger charge is -2.19.